The van der Waals surface area contributed by atoms with Crippen LogP contribution in [-0.4, -0.2) is 41.2 Å². The highest BCUT2D eigenvalue weighted by Gasteiger charge is 2.25. The zero-order valence-corrected chi connectivity index (χ0v) is 18.0. The van der Waals surface area contributed by atoms with Crippen molar-refractivity contribution in [1.29, 1.82) is 0 Å². The number of nitrogens with zero attached hydrogens (tertiary/aromatic N) is 1. The molecule has 28 heavy (non-hydrogen) atoms. The molecule has 0 heterocycles. The van der Waals surface area contributed by atoms with Gasteiger partial charge in [-0.25, -0.2) is 21.2 Å². The Morgan fingerprint density at radius 3 is 2.14 bits per heavy atom. The molecule has 0 amide bonds. The van der Waals surface area contributed by atoms with Gasteiger partial charge in [-0.1, -0.05) is 41.3 Å². The van der Waals surface area contributed by atoms with Crippen LogP contribution in [0, 0.1) is 5.82 Å². The van der Waals surface area contributed by atoms with Gasteiger partial charge in [0.1, 0.15) is 24.4 Å². The quantitative estimate of drug-likeness (QED) is 0.351. The second-order valence-electron chi connectivity index (χ2n) is 5.58. The SMILES string of the molecule is CCS(=O)(=O)c1ccc(/C(CS(=O)(=O)c2ccc(F)cc2)=N\OC)c(Cl)c1Cl. The lowest BCUT2D eigenvalue weighted by atomic mass is 10.1. The summed E-state index contributed by atoms with van der Waals surface area (Å²) < 4.78 is 62.5. The van der Waals surface area contributed by atoms with E-state index >= 15 is 0 Å². The molecule has 0 saturated carbocycles. The van der Waals surface area contributed by atoms with Crippen LogP contribution in [0.5, 0.6) is 0 Å². The largest absolute Gasteiger partial charge is 0.399 e. The molecule has 0 bridgehead atoms. The molecule has 2 aromatic rings. The van der Waals surface area contributed by atoms with Gasteiger partial charge >= 0.3 is 0 Å². The number of oxime groups is 1. The molecule has 11 heteroatoms. The van der Waals surface area contributed by atoms with Crippen LogP contribution in [0.25, 0.3) is 0 Å². The Morgan fingerprint density at radius 2 is 1.61 bits per heavy atom. The average molecular weight is 468 g/mol. The van der Waals surface area contributed by atoms with E-state index in [0.717, 1.165) is 24.3 Å². The van der Waals surface area contributed by atoms with Crippen molar-refractivity contribution < 1.29 is 26.1 Å². The van der Waals surface area contributed by atoms with Gasteiger partial charge in [-0.15, -0.1) is 0 Å². The first kappa shape index (κ1) is 22.6. The van der Waals surface area contributed by atoms with Crippen LogP contribution in [0.3, 0.4) is 0 Å². The van der Waals surface area contributed by atoms with Crippen molar-refractivity contribution in [2.24, 2.45) is 5.16 Å². The summed E-state index contributed by atoms with van der Waals surface area (Å²) in [5.74, 6) is -1.38. The number of sulfone groups is 2. The zero-order chi connectivity index (χ0) is 21.1. The van der Waals surface area contributed by atoms with E-state index in [2.05, 4.69) is 5.16 Å². The summed E-state index contributed by atoms with van der Waals surface area (Å²) in [6, 6.07) is 6.84. The van der Waals surface area contributed by atoms with Crippen molar-refractivity contribution in [1.82, 2.24) is 0 Å². The van der Waals surface area contributed by atoms with E-state index in [1.54, 1.807) is 0 Å². The Morgan fingerprint density at radius 1 is 1.00 bits per heavy atom. The number of rotatable bonds is 7. The molecule has 0 spiro atoms. The molecule has 0 unspecified atom stereocenters. The molecule has 152 valence electrons. The van der Waals surface area contributed by atoms with E-state index in [4.69, 9.17) is 28.0 Å². The summed E-state index contributed by atoms with van der Waals surface area (Å²) in [5, 5.41) is 3.31. The summed E-state index contributed by atoms with van der Waals surface area (Å²) >= 11 is 12.3. The average Bonchev–Trinajstić information content (AvgIpc) is 2.63. The lowest BCUT2D eigenvalue weighted by Gasteiger charge is -2.13. The van der Waals surface area contributed by atoms with Crippen LogP contribution in [0.1, 0.15) is 12.5 Å². The molecule has 0 aliphatic rings. The lowest BCUT2D eigenvalue weighted by molar-refractivity contribution is 0.213. The van der Waals surface area contributed by atoms with Gasteiger partial charge in [-0.2, -0.15) is 0 Å². The van der Waals surface area contributed by atoms with Crippen molar-refractivity contribution in [3.05, 3.63) is 57.8 Å². The molecular formula is C17H16Cl2FNO5S2. The third-order valence-corrected chi connectivity index (χ3v) is 8.18. The molecule has 2 rings (SSSR count). The van der Waals surface area contributed by atoms with E-state index in [1.165, 1.54) is 26.2 Å². The van der Waals surface area contributed by atoms with E-state index < -0.39 is 31.2 Å². The number of hydrogen-bond acceptors (Lipinski definition) is 6. The Hall–Kier alpha value is -1.68. The smallest absolute Gasteiger partial charge is 0.184 e. The maximum Gasteiger partial charge on any atom is 0.184 e. The zero-order valence-electron chi connectivity index (χ0n) is 14.8. The van der Waals surface area contributed by atoms with Crippen LogP contribution < -0.4 is 0 Å². The molecular weight excluding hydrogens is 452 g/mol. The predicted octanol–water partition coefficient (Wildman–Crippen LogP) is 3.75. The summed E-state index contributed by atoms with van der Waals surface area (Å²) in [6.07, 6.45) is 0. The van der Waals surface area contributed by atoms with Crippen molar-refractivity contribution in [3.8, 4) is 0 Å². The lowest BCUT2D eigenvalue weighted by Crippen LogP contribution is -2.19. The number of hydrogen-bond donors (Lipinski definition) is 0. The maximum absolute atomic E-state index is 13.1. The minimum atomic E-state index is -3.92. The fourth-order valence-electron chi connectivity index (χ4n) is 2.32. The third-order valence-electron chi connectivity index (χ3n) is 3.77. The third kappa shape index (κ3) is 4.83. The summed E-state index contributed by atoms with van der Waals surface area (Å²) in [6.45, 7) is 1.46. The monoisotopic (exact) mass is 467 g/mol. The number of benzene rings is 2. The summed E-state index contributed by atoms with van der Waals surface area (Å²) in [5.41, 5.74) is 0.0217. The standard InChI is InChI=1S/C17H16Cl2FNO5S2/c1-3-27(22,23)15-9-8-13(16(18)17(15)19)14(21-26-2)10-28(24,25)12-6-4-11(20)5-7-12/h4-9H,3,10H2,1-2H3/b21-14-. The molecule has 6 nitrogen and oxygen atoms in total. The van der Waals surface area contributed by atoms with Crippen LogP contribution >= 0.6 is 23.2 Å². The van der Waals surface area contributed by atoms with Crippen molar-refractivity contribution >= 4 is 48.6 Å². The van der Waals surface area contributed by atoms with E-state index in [1.807, 2.05) is 0 Å². The van der Waals surface area contributed by atoms with Gasteiger partial charge in [0.25, 0.3) is 0 Å². The van der Waals surface area contributed by atoms with Gasteiger partial charge in [0.05, 0.1) is 25.6 Å². The van der Waals surface area contributed by atoms with E-state index in [-0.39, 0.29) is 36.9 Å². The van der Waals surface area contributed by atoms with Gasteiger partial charge in [-0.3, -0.25) is 0 Å². The van der Waals surface area contributed by atoms with E-state index in [0.29, 0.717) is 0 Å². The molecule has 0 fully saturated rings. The van der Waals surface area contributed by atoms with Crippen LogP contribution in [-0.2, 0) is 24.5 Å². The van der Waals surface area contributed by atoms with Gasteiger partial charge < -0.3 is 4.84 Å². The van der Waals surface area contributed by atoms with Gasteiger partial charge in [0.15, 0.2) is 19.7 Å². The first-order valence-electron chi connectivity index (χ1n) is 7.83. The Balaban J connectivity index is 2.52. The molecule has 0 radical (unpaired) electrons. The fourth-order valence-corrected chi connectivity index (χ4v) is 5.41. The molecule has 0 aromatic heterocycles. The molecule has 2 aromatic carbocycles. The molecule has 0 aliphatic carbocycles. The highest BCUT2D eigenvalue weighted by atomic mass is 35.5. The van der Waals surface area contributed by atoms with Gasteiger partial charge in [0, 0.05) is 5.56 Å². The van der Waals surface area contributed by atoms with Crippen LogP contribution in [0.4, 0.5) is 4.39 Å². The Kier molecular flexibility index (Phi) is 7.08. The maximum atomic E-state index is 13.1. The second-order valence-corrected chi connectivity index (χ2v) is 10.6. The first-order chi connectivity index (χ1) is 13.0. The van der Waals surface area contributed by atoms with Crippen LogP contribution in [0.2, 0.25) is 10.0 Å². The van der Waals surface area contributed by atoms with Crippen LogP contribution in [0.15, 0.2) is 51.3 Å². The predicted molar refractivity (Wildman–Crippen MR) is 106 cm³/mol. The Labute approximate surface area is 172 Å². The second kappa shape index (κ2) is 8.77. The Bertz CT molecular complexity index is 1110. The van der Waals surface area contributed by atoms with Crippen molar-refractivity contribution in [2.75, 3.05) is 18.6 Å². The van der Waals surface area contributed by atoms with Gasteiger partial charge in [-0.05, 0) is 30.3 Å². The minimum absolute atomic E-state index is 0.0841. The highest BCUT2D eigenvalue weighted by Crippen LogP contribution is 2.33. The number of halogens is 3. The molecule has 0 atom stereocenters. The first-order valence-corrected chi connectivity index (χ1v) is 11.9. The fraction of sp³-hybridized carbons (Fsp3) is 0.235. The summed E-state index contributed by atoms with van der Waals surface area (Å²) in [7, 11) is -6.33. The summed E-state index contributed by atoms with van der Waals surface area (Å²) in [4.78, 5) is 4.43. The molecule has 0 aliphatic heterocycles. The highest BCUT2D eigenvalue weighted by molar-refractivity contribution is 7.92. The topological polar surface area (TPSA) is 89.9 Å². The molecule has 0 saturated heterocycles. The van der Waals surface area contributed by atoms with Gasteiger partial charge in [0.2, 0.25) is 0 Å². The van der Waals surface area contributed by atoms with Crippen molar-refractivity contribution in [3.63, 3.8) is 0 Å². The van der Waals surface area contributed by atoms with E-state index in [9.17, 15) is 21.2 Å². The minimum Gasteiger partial charge on any atom is -0.399 e. The normalized spacial score (nSPS) is 12.8. The molecule has 0 N–H and O–H groups in total. The van der Waals surface area contributed by atoms with Crippen molar-refractivity contribution in [2.45, 2.75) is 16.7 Å².